The highest BCUT2D eigenvalue weighted by atomic mass is 16.4. The van der Waals surface area contributed by atoms with Crippen molar-refractivity contribution in [2.75, 3.05) is 0 Å². The molecule has 0 saturated carbocycles. The number of hydrogen-bond acceptors (Lipinski definition) is 4. The van der Waals surface area contributed by atoms with Crippen LogP contribution in [0.2, 0.25) is 0 Å². The number of nitrogens with zero attached hydrogens (tertiary/aromatic N) is 3. The summed E-state index contributed by atoms with van der Waals surface area (Å²) in [5.41, 5.74) is 0.610. The summed E-state index contributed by atoms with van der Waals surface area (Å²) in [6.07, 6.45) is 3.09. The Hall–Kier alpha value is -1.98. The summed E-state index contributed by atoms with van der Waals surface area (Å²) >= 11 is 0. The van der Waals surface area contributed by atoms with Gasteiger partial charge in [0.1, 0.15) is 5.82 Å². The fourth-order valence-electron chi connectivity index (χ4n) is 2.96. The van der Waals surface area contributed by atoms with Crippen LogP contribution in [0.3, 0.4) is 0 Å². The molecule has 0 bridgehead atoms. The zero-order valence-electron chi connectivity index (χ0n) is 12.6. The van der Waals surface area contributed by atoms with Gasteiger partial charge in [-0.2, -0.15) is 0 Å². The lowest BCUT2D eigenvalue weighted by Gasteiger charge is -2.36. The van der Waals surface area contributed by atoms with Gasteiger partial charge in [0.25, 0.3) is 0 Å². The van der Waals surface area contributed by atoms with Gasteiger partial charge in [0.15, 0.2) is 0 Å². The van der Waals surface area contributed by atoms with E-state index in [-0.39, 0.29) is 11.9 Å². The lowest BCUT2D eigenvalue weighted by atomic mass is 9.91. The quantitative estimate of drug-likeness (QED) is 0.920. The normalized spacial score (nSPS) is 23.2. The molecule has 21 heavy (non-hydrogen) atoms. The third kappa shape index (κ3) is 3.20. The van der Waals surface area contributed by atoms with Crippen LogP contribution in [0.25, 0.3) is 0 Å². The van der Waals surface area contributed by atoms with E-state index in [1.165, 1.54) is 0 Å². The van der Waals surface area contributed by atoms with Crippen LogP contribution in [-0.2, 0) is 9.59 Å². The number of carbonyl (C=O) groups excluding carboxylic acids is 1. The van der Waals surface area contributed by atoms with E-state index in [4.69, 9.17) is 0 Å². The Labute approximate surface area is 124 Å². The van der Waals surface area contributed by atoms with Crippen LogP contribution in [0.5, 0.6) is 0 Å². The van der Waals surface area contributed by atoms with Crippen LogP contribution in [-0.4, -0.2) is 37.9 Å². The van der Waals surface area contributed by atoms with Gasteiger partial charge in [-0.05, 0) is 39.7 Å². The highest BCUT2D eigenvalue weighted by Crippen LogP contribution is 2.36. The summed E-state index contributed by atoms with van der Waals surface area (Å²) < 4.78 is 0. The smallest absolute Gasteiger partial charge is 0.309 e. The van der Waals surface area contributed by atoms with Crippen molar-refractivity contribution in [3.05, 3.63) is 23.8 Å². The summed E-state index contributed by atoms with van der Waals surface area (Å²) in [4.78, 5) is 34.2. The van der Waals surface area contributed by atoms with E-state index in [2.05, 4.69) is 9.97 Å². The fourth-order valence-corrected chi connectivity index (χ4v) is 2.96. The van der Waals surface area contributed by atoms with Crippen LogP contribution in [0.1, 0.15) is 50.7 Å². The largest absolute Gasteiger partial charge is 0.481 e. The first-order chi connectivity index (χ1) is 9.91. The molecule has 0 aliphatic carbocycles. The summed E-state index contributed by atoms with van der Waals surface area (Å²) in [5.74, 6) is -0.933. The third-order valence-electron chi connectivity index (χ3n) is 3.85. The van der Waals surface area contributed by atoms with Gasteiger partial charge >= 0.3 is 5.97 Å². The molecule has 1 aromatic rings. The Kier molecular flexibility index (Phi) is 4.55. The summed E-state index contributed by atoms with van der Waals surface area (Å²) in [7, 11) is 0. The Morgan fingerprint density at radius 2 is 2.19 bits per heavy atom. The van der Waals surface area contributed by atoms with Gasteiger partial charge in [-0.3, -0.25) is 9.59 Å². The molecule has 1 aliphatic heterocycles. The van der Waals surface area contributed by atoms with E-state index in [1.54, 1.807) is 24.1 Å². The molecule has 0 spiro atoms. The summed E-state index contributed by atoms with van der Waals surface area (Å²) in [5, 5.41) is 9.57. The molecule has 1 N–H and O–H groups in total. The number of carboxylic acid groups (broad SMARTS) is 1. The number of aromatic nitrogens is 2. The third-order valence-corrected chi connectivity index (χ3v) is 3.85. The standard InChI is InChI=1S/C15H21N3O3/c1-9(2)18-13(19)6-4-5-11(15(20)21)14(18)12-7-8-16-10(3)17-12/h7-9,11,14H,4-6H2,1-3H3,(H,20,21). The minimum atomic E-state index is -0.878. The molecule has 1 aromatic heterocycles. The van der Waals surface area contributed by atoms with Gasteiger partial charge < -0.3 is 10.0 Å². The highest BCUT2D eigenvalue weighted by molar-refractivity contribution is 5.80. The number of carboxylic acids is 1. The Morgan fingerprint density at radius 1 is 1.48 bits per heavy atom. The van der Waals surface area contributed by atoms with Crippen molar-refractivity contribution in [3.63, 3.8) is 0 Å². The average molecular weight is 291 g/mol. The van der Waals surface area contributed by atoms with Crippen LogP contribution >= 0.6 is 0 Å². The number of rotatable bonds is 3. The van der Waals surface area contributed by atoms with E-state index in [1.807, 2.05) is 13.8 Å². The second kappa shape index (κ2) is 6.20. The Balaban J connectivity index is 2.53. The molecule has 2 atom stereocenters. The van der Waals surface area contributed by atoms with E-state index in [9.17, 15) is 14.7 Å². The number of aliphatic carboxylic acids is 1. The molecule has 2 rings (SSSR count). The fraction of sp³-hybridized carbons (Fsp3) is 0.600. The van der Waals surface area contributed by atoms with Gasteiger partial charge in [0, 0.05) is 18.7 Å². The zero-order valence-corrected chi connectivity index (χ0v) is 12.6. The molecule has 6 heteroatoms. The molecule has 1 amide bonds. The zero-order chi connectivity index (χ0) is 15.6. The van der Waals surface area contributed by atoms with Crippen molar-refractivity contribution in [3.8, 4) is 0 Å². The number of carbonyl (C=O) groups is 2. The molecular weight excluding hydrogens is 270 g/mol. The predicted octanol–water partition coefficient (Wildman–Crippen LogP) is 1.95. The number of likely N-dealkylation sites (tertiary alicyclic amines) is 1. The Bertz CT molecular complexity index is 545. The first-order valence-electron chi connectivity index (χ1n) is 7.25. The predicted molar refractivity (Wildman–Crippen MR) is 76.5 cm³/mol. The molecule has 1 aliphatic rings. The Morgan fingerprint density at radius 3 is 2.76 bits per heavy atom. The van der Waals surface area contributed by atoms with Crippen LogP contribution in [0.15, 0.2) is 12.3 Å². The lowest BCUT2D eigenvalue weighted by molar-refractivity contribution is -0.147. The average Bonchev–Trinajstić information content (AvgIpc) is 2.57. The van der Waals surface area contributed by atoms with Gasteiger partial charge in [-0.1, -0.05) is 0 Å². The van der Waals surface area contributed by atoms with Crippen molar-refractivity contribution in [2.45, 2.75) is 52.1 Å². The molecular formula is C15H21N3O3. The van der Waals surface area contributed by atoms with Gasteiger partial charge in [0.05, 0.1) is 17.7 Å². The molecule has 0 radical (unpaired) electrons. The topological polar surface area (TPSA) is 83.4 Å². The molecule has 0 aromatic carbocycles. The van der Waals surface area contributed by atoms with Crippen LogP contribution in [0.4, 0.5) is 0 Å². The van der Waals surface area contributed by atoms with E-state index in [0.29, 0.717) is 30.8 Å². The second-order valence-corrected chi connectivity index (χ2v) is 5.71. The van der Waals surface area contributed by atoms with Crippen molar-refractivity contribution in [1.29, 1.82) is 0 Å². The van der Waals surface area contributed by atoms with Crippen LogP contribution < -0.4 is 0 Å². The maximum absolute atomic E-state index is 12.4. The minimum Gasteiger partial charge on any atom is -0.481 e. The molecule has 1 saturated heterocycles. The SMILES string of the molecule is Cc1nccc(C2C(C(=O)O)CCCC(=O)N2C(C)C)n1. The maximum atomic E-state index is 12.4. The van der Waals surface area contributed by atoms with Gasteiger partial charge in [-0.15, -0.1) is 0 Å². The molecule has 6 nitrogen and oxygen atoms in total. The highest BCUT2D eigenvalue weighted by Gasteiger charge is 2.40. The van der Waals surface area contributed by atoms with E-state index < -0.39 is 17.9 Å². The first-order valence-corrected chi connectivity index (χ1v) is 7.25. The van der Waals surface area contributed by atoms with Gasteiger partial charge in [0.2, 0.25) is 5.91 Å². The van der Waals surface area contributed by atoms with Crippen molar-refractivity contribution in [2.24, 2.45) is 5.92 Å². The molecule has 114 valence electrons. The maximum Gasteiger partial charge on any atom is 0.309 e. The summed E-state index contributed by atoms with van der Waals surface area (Å²) in [6, 6.07) is 1.11. The van der Waals surface area contributed by atoms with E-state index in [0.717, 1.165) is 0 Å². The monoisotopic (exact) mass is 291 g/mol. The summed E-state index contributed by atoms with van der Waals surface area (Å²) in [6.45, 7) is 5.57. The van der Waals surface area contributed by atoms with Crippen molar-refractivity contribution < 1.29 is 14.7 Å². The number of aryl methyl sites for hydroxylation is 1. The minimum absolute atomic E-state index is 0.00462. The van der Waals surface area contributed by atoms with Crippen molar-refractivity contribution in [1.82, 2.24) is 14.9 Å². The number of amides is 1. The van der Waals surface area contributed by atoms with E-state index >= 15 is 0 Å². The van der Waals surface area contributed by atoms with Crippen molar-refractivity contribution >= 4 is 11.9 Å². The molecule has 2 heterocycles. The molecule has 2 unspecified atom stereocenters. The van der Waals surface area contributed by atoms with Gasteiger partial charge in [-0.25, -0.2) is 9.97 Å². The van der Waals surface area contributed by atoms with Crippen LogP contribution in [0, 0.1) is 12.8 Å². The second-order valence-electron chi connectivity index (χ2n) is 5.71. The molecule has 1 fully saturated rings. The first kappa shape index (κ1) is 15.4. The lowest BCUT2D eigenvalue weighted by Crippen LogP contribution is -2.43. The number of hydrogen-bond donors (Lipinski definition) is 1.